The molecule has 0 unspecified atom stereocenters. The molecule has 0 atom stereocenters. The molecule has 3 aromatic rings. The molecule has 9 heteroatoms. The van der Waals surface area contributed by atoms with Crippen molar-refractivity contribution >= 4 is 21.6 Å². The molecule has 1 fully saturated rings. The summed E-state index contributed by atoms with van der Waals surface area (Å²) in [7, 11) is -3.49. The van der Waals surface area contributed by atoms with Gasteiger partial charge in [-0.2, -0.15) is 9.29 Å². The maximum absolute atomic E-state index is 12.7. The number of nitrogen functional groups attached to an aromatic ring is 1. The summed E-state index contributed by atoms with van der Waals surface area (Å²) >= 11 is 0. The third-order valence-corrected chi connectivity index (χ3v) is 5.96. The summed E-state index contributed by atoms with van der Waals surface area (Å²) in [5.74, 6) is 0.190. The summed E-state index contributed by atoms with van der Waals surface area (Å²) in [4.78, 5) is 8.39. The van der Waals surface area contributed by atoms with Crippen LogP contribution >= 0.6 is 0 Å². The van der Waals surface area contributed by atoms with Crippen molar-refractivity contribution in [3.8, 4) is 11.1 Å². The lowest BCUT2D eigenvalue weighted by atomic mass is 10.1. The average Bonchev–Trinajstić information content (AvgIpc) is 3.23. The Morgan fingerprint density at radius 2 is 1.88 bits per heavy atom. The maximum atomic E-state index is 12.7. The fourth-order valence-electron chi connectivity index (χ4n) is 2.87. The summed E-state index contributed by atoms with van der Waals surface area (Å²) in [6, 6.07) is 5.26. The largest absolute Gasteiger partial charge is 0.366 e. The first-order valence-corrected chi connectivity index (χ1v) is 9.05. The third-order valence-electron chi connectivity index (χ3n) is 4.10. The first kappa shape index (κ1) is 15.0. The van der Waals surface area contributed by atoms with E-state index in [1.54, 1.807) is 29.0 Å². The molecule has 0 radical (unpaired) electrons. The van der Waals surface area contributed by atoms with Crippen molar-refractivity contribution in [1.29, 1.82) is 0 Å². The van der Waals surface area contributed by atoms with Crippen LogP contribution in [0.25, 0.3) is 16.8 Å². The van der Waals surface area contributed by atoms with Crippen LogP contribution in [0.4, 0.5) is 5.95 Å². The Hall–Kier alpha value is -2.52. The van der Waals surface area contributed by atoms with Crippen LogP contribution in [0.1, 0.15) is 12.8 Å². The molecule has 124 valence electrons. The summed E-state index contributed by atoms with van der Waals surface area (Å²) in [5, 5.41) is 4.07. The van der Waals surface area contributed by atoms with E-state index in [0.717, 1.165) is 18.4 Å². The zero-order valence-electron chi connectivity index (χ0n) is 12.8. The van der Waals surface area contributed by atoms with Crippen molar-refractivity contribution in [1.82, 2.24) is 23.9 Å². The zero-order valence-corrected chi connectivity index (χ0v) is 13.6. The van der Waals surface area contributed by atoms with E-state index >= 15 is 0 Å². The van der Waals surface area contributed by atoms with Crippen molar-refractivity contribution in [2.75, 3.05) is 18.8 Å². The Labute approximate surface area is 139 Å². The predicted molar refractivity (Wildman–Crippen MR) is 88.6 cm³/mol. The van der Waals surface area contributed by atoms with Crippen LogP contribution in [-0.2, 0) is 10.0 Å². The molecule has 0 bridgehead atoms. The summed E-state index contributed by atoms with van der Waals surface area (Å²) < 4.78 is 28.4. The molecule has 0 aromatic carbocycles. The van der Waals surface area contributed by atoms with Gasteiger partial charge in [0.2, 0.25) is 16.0 Å². The Morgan fingerprint density at radius 1 is 1.08 bits per heavy atom. The van der Waals surface area contributed by atoms with E-state index in [4.69, 9.17) is 5.73 Å². The first-order chi connectivity index (χ1) is 11.5. The smallest absolute Gasteiger partial charge is 0.244 e. The highest BCUT2D eigenvalue weighted by Crippen LogP contribution is 2.25. The lowest BCUT2D eigenvalue weighted by Gasteiger charge is -2.15. The highest BCUT2D eigenvalue weighted by Gasteiger charge is 2.27. The highest BCUT2D eigenvalue weighted by atomic mass is 32.2. The number of hydrogen-bond acceptors (Lipinski definition) is 6. The number of sulfonamides is 1. The van der Waals surface area contributed by atoms with Gasteiger partial charge in [0.15, 0.2) is 5.65 Å². The van der Waals surface area contributed by atoms with E-state index in [1.165, 1.54) is 10.5 Å². The minimum absolute atomic E-state index is 0.190. The van der Waals surface area contributed by atoms with Crippen LogP contribution in [-0.4, -0.2) is 45.4 Å². The molecule has 2 N–H and O–H groups in total. The molecule has 0 saturated carbocycles. The molecule has 1 saturated heterocycles. The van der Waals surface area contributed by atoms with Crippen molar-refractivity contribution in [2.24, 2.45) is 0 Å². The van der Waals surface area contributed by atoms with E-state index in [2.05, 4.69) is 15.1 Å². The molecule has 24 heavy (non-hydrogen) atoms. The van der Waals surface area contributed by atoms with Crippen molar-refractivity contribution in [3.05, 3.63) is 36.8 Å². The monoisotopic (exact) mass is 344 g/mol. The Morgan fingerprint density at radius 3 is 2.67 bits per heavy atom. The van der Waals surface area contributed by atoms with E-state index in [0.29, 0.717) is 24.3 Å². The standard InChI is InChI=1S/C15H16N6O2S/c16-15-18-14-4-3-11(10-21(14)19-15)12-7-13(9-17-8-12)24(22,23)20-5-1-2-6-20/h3-4,7-10H,1-2,5-6H2,(H2,16,19). The maximum Gasteiger partial charge on any atom is 0.244 e. The van der Waals surface area contributed by atoms with Gasteiger partial charge < -0.3 is 5.73 Å². The van der Waals surface area contributed by atoms with Crippen LogP contribution in [0.5, 0.6) is 0 Å². The number of nitrogens with zero attached hydrogens (tertiary/aromatic N) is 5. The summed E-state index contributed by atoms with van der Waals surface area (Å²) in [6.45, 7) is 1.13. The molecule has 4 heterocycles. The predicted octanol–water partition coefficient (Wildman–Crippen LogP) is 1.16. The highest BCUT2D eigenvalue weighted by molar-refractivity contribution is 7.89. The fraction of sp³-hybridized carbons (Fsp3) is 0.267. The quantitative estimate of drug-likeness (QED) is 0.764. The number of aromatic nitrogens is 4. The minimum atomic E-state index is -3.49. The van der Waals surface area contributed by atoms with Gasteiger partial charge in [-0.25, -0.2) is 12.9 Å². The van der Waals surface area contributed by atoms with Crippen LogP contribution in [0, 0.1) is 0 Å². The van der Waals surface area contributed by atoms with Crippen LogP contribution in [0.2, 0.25) is 0 Å². The topological polar surface area (TPSA) is 106 Å². The number of nitrogens with two attached hydrogens (primary N) is 1. The van der Waals surface area contributed by atoms with E-state index < -0.39 is 10.0 Å². The van der Waals surface area contributed by atoms with Gasteiger partial charge in [0, 0.05) is 42.8 Å². The molecule has 1 aliphatic rings. The lowest BCUT2D eigenvalue weighted by molar-refractivity contribution is 0.477. The van der Waals surface area contributed by atoms with Crippen molar-refractivity contribution < 1.29 is 8.42 Å². The van der Waals surface area contributed by atoms with E-state index in [9.17, 15) is 8.42 Å². The molecular weight excluding hydrogens is 328 g/mol. The number of hydrogen-bond donors (Lipinski definition) is 1. The van der Waals surface area contributed by atoms with Gasteiger partial charge in [-0.1, -0.05) is 0 Å². The Balaban J connectivity index is 1.76. The molecule has 1 aliphatic heterocycles. The van der Waals surface area contributed by atoms with Gasteiger partial charge in [-0.05, 0) is 31.0 Å². The number of rotatable bonds is 3. The SMILES string of the molecule is Nc1nc2ccc(-c3cncc(S(=O)(=O)N4CCCC4)c3)cn2n1. The normalized spacial score (nSPS) is 16.0. The second kappa shape index (κ2) is 5.53. The number of anilines is 1. The van der Waals surface area contributed by atoms with Crippen LogP contribution < -0.4 is 5.73 Å². The molecule has 0 aliphatic carbocycles. The van der Waals surface area contributed by atoms with Gasteiger partial charge >= 0.3 is 0 Å². The molecule has 0 spiro atoms. The molecule has 8 nitrogen and oxygen atoms in total. The Bertz CT molecular complexity index is 1010. The van der Waals surface area contributed by atoms with Gasteiger partial charge in [0.1, 0.15) is 4.90 Å². The van der Waals surface area contributed by atoms with Gasteiger partial charge in [0.05, 0.1) is 0 Å². The van der Waals surface area contributed by atoms with Crippen molar-refractivity contribution in [2.45, 2.75) is 17.7 Å². The van der Waals surface area contributed by atoms with Gasteiger partial charge in [0.25, 0.3) is 0 Å². The van der Waals surface area contributed by atoms with E-state index in [1.807, 2.05) is 6.07 Å². The number of fused-ring (bicyclic) bond motifs is 1. The molecule has 4 rings (SSSR count). The fourth-order valence-corrected chi connectivity index (χ4v) is 4.37. The van der Waals surface area contributed by atoms with Crippen molar-refractivity contribution in [3.63, 3.8) is 0 Å². The molecule has 3 aromatic heterocycles. The average molecular weight is 344 g/mol. The third kappa shape index (κ3) is 2.51. The van der Waals surface area contributed by atoms with E-state index in [-0.39, 0.29) is 10.8 Å². The number of pyridine rings is 2. The second-order valence-corrected chi connectivity index (χ2v) is 7.65. The summed E-state index contributed by atoms with van der Waals surface area (Å²) in [6.07, 6.45) is 6.57. The minimum Gasteiger partial charge on any atom is -0.366 e. The zero-order chi connectivity index (χ0) is 16.7. The second-order valence-electron chi connectivity index (χ2n) is 5.71. The first-order valence-electron chi connectivity index (χ1n) is 7.61. The molecular formula is C15H16N6O2S. The van der Waals surface area contributed by atoms with Gasteiger partial charge in [-0.15, -0.1) is 5.10 Å². The molecule has 0 amide bonds. The van der Waals surface area contributed by atoms with Crippen LogP contribution in [0.3, 0.4) is 0 Å². The van der Waals surface area contributed by atoms with Gasteiger partial charge in [-0.3, -0.25) is 4.98 Å². The summed E-state index contributed by atoms with van der Waals surface area (Å²) in [5.41, 5.74) is 7.71. The Kier molecular flexibility index (Phi) is 3.47. The van der Waals surface area contributed by atoms with Crippen LogP contribution in [0.15, 0.2) is 41.7 Å². The lowest BCUT2D eigenvalue weighted by Crippen LogP contribution is -2.27.